The van der Waals surface area contributed by atoms with Gasteiger partial charge in [0.25, 0.3) is 5.91 Å². The van der Waals surface area contributed by atoms with Crippen molar-refractivity contribution in [2.24, 2.45) is 0 Å². The van der Waals surface area contributed by atoms with Crippen LogP contribution in [-0.2, 0) is 17.4 Å². The minimum absolute atomic E-state index is 0.120. The van der Waals surface area contributed by atoms with Gasteiger partial charge in [-0.3, -0.25) is 14.8 Å². The summed E-state index contributed by atoms with van der Waals surface area (Å²) in [6.07, 6.45) is -3.83. The fraction of sp³-hybridized carbons (Fsp3) is 0.158. The summed E-state index contributed by atoms with van der Waals surface area (Å²) in [5, 5.41) is 12.1. The largest absolute Gasteiger partial charge is 0.416 e. The maximum absolute atomic E-state index is 12.6. The van der Waals surface area contributed by atoms with Gasteiger partial charge in [0, 0.05) is 27.2 Å². The summed E-state index contributed by atoms with van der Waals surface area (Å²) >= 11 is 1.50. The number of hydroxylamine groups is 1. The molecule has 0 radical (unpaired) electrons. The molecule has 0 atom stereocenters. The molecular weight excluding hydrogens is 393 g/mol. The third kappa shape index (κ3) is 4.68. The highest BCUT2D eigenvalue weighted by atomic mass is 32.1. The molecule has 3 rings (SSSR count). The zero-order valence-corrected chi connectivity index (χ0v) is 15.2. The maximum Gasteiger partial charge on any atom is 0.416 e. The number of thiophene rings is 1. The number of alkyl halides is 3. The molecule has 0 aliphatic carbocycles. The fourth-order valence-corrected chi connectivity index (χ4v) is 3.65. The van der Waals surface area contributed by atoms with Gasteiger partial charge in [-0.05, 0) is 60.3 Å². The van der Waals surface area contributed by atoms with E-state index in [4.69, 9.17) is 5.21 Å². The molecule has 0 unspecified atom stereocenters. The quantitative estimate of drug-likeness (QED) is 0.426. The van der Waals surface area contributed by atoms with E-state index in [0.29, 0.717) is 12.1 Å². The lowest BCUT2D eigenvalue weighted by atomic mass is 10.1. The first-order valence-corrected chi connectivity index (χ1v) is 9.02. The Morgan fingerprint density at radius 1 is 1.04 bits per heavy atom. The van der Waals surface area contributed by atoms with E-state index in [1.54, 1.807) is 17.6 Å². The van der Waals surface area contributed by atoms with Crippen LogP contribution in [0.25, 0.3) is 10.1 Å². The van der Waals surface area contributed by atoms with Crippen LogP contribution in [0.5, 0.6) is 0 Å². The molecule has 146 valence electrons. The van der Waals surface area contributed by atoms with E-state index < -0.39 is 23.6 Å². The summed E-state index contributed by atoms with van der Waals surface area (Å²) in [6.45, 7) is 0. The predicted octanol–water partition coefficient (Wildman–Crippen LogP) is 4.61. The highest BCUT2D eigenvalue weighted by molar-refractivity contribution is 7.19. The molecule has 0 saturated heterocycles. The van der Waals surface area contributed by atoms with Crippen LogP contribution in [0.4, 0.5) is 18.9 Å². The van der Waals surface area contributed by atoms with Crippen LogP contribution in [-0.4, -0.2) is 17.0 Å². The number of fused-ring (bicyclic) bond motifs is 1. The number of hydrogen-bond acceptors (Lipinski definition) is 4. The third-order valence-corrected chi connectivity index (χ3v) is 5.20. The third-order valence-electron chi connectivity index (χ3n) is 4.02. The van der Waals surface area contributed by atoms with Gasteiger partial charge in [0.2, 0.25) is 5.91 Å². The lowest BCUT2D eigenvalue weighted by Crippen LogP contribution is -2.18. The van der Waals surface area contributed by atoms with Gasteiger partial charge in [-0.15, -0.1) is 11.3 Å². The highest BCUT2D eigenvalue weighted by Gasteiger charge is 2.30. The Labute approximate surface area is 161 Å². The van der Waals surface area contributed by atoms with Crippen LogP contribution in [0.1, 0.15) is 27.2 Å². The summed E-state index contributed by atoms with van der Waals surface area (Å²) in [7, 11) is 0. The molecule has 0 fully saturated rings. The Morgan fingerprint density at radius 3 is 2.39 bits per heavy atom. The molecule has 0 spiro atoms. The number of halogens is 3. The first kappa shape index (κ1) is 19.8. The molecule has 28 heavy (non-hydrogen) atoms. The Balaban J connectivity index is 1.71. The molecule has 3 N–H and O–H groups in total. The normalized spacial score (nSPS) is 11.4. The summed E-state index contributed by atoms with van der Waals surface area (Å²) in [4.78, 5) is 24.3. The van der Waals surface area contributed by atoms with E-state index >= 15 is 0 Å². The molecule has 2 aromatic carbocycles. The van der Waals surface area contributed by atoms with Crippen LogP contribution in [0.2, 0.25) is 0 Å². The zero-order valence-electron chi connectivity index (χ0n) is 14.3. The summed E-state index contributed by atoms with van der Waals surface area (Å²) in [6, 6.07) is 11.2. The van der Waals surface area contributed by atoms with Crippen molar-refractivity contribution in [1.82, 2.24) is 5.48 Å². The molecule has 0 bridgehead atoms. The monoisotopic (exact) mass is 408 g/mol. The Kier molecular flexibility index (Phi) is 5.66. The number of aryl methyl sites for hydroxylation is 1. The number of carbonyl (C=O) groups is 2. The smallest absolute Gasteiger partial charge is 0.322 e. The molecule has 1 aromatic heterocycles. The van der Waals surface area contributed by atoms with E-state index in [1.165, 1.54) is 11.3 Å². The average molecular weight is 408 g/mol. The summed E-state index contributed by atoms with van der Waals surface area (Å²) < 4.78 is 38.8. The van der Waals surface area contributed by atoms with Crippen LogP contribution >= 0.6 is 11.3 Å². The minimum Gasteiger partial charge on any atom is -0.322 e. The molecule has 0 saturated carbocycles. The number of carbonyl (C=O) groups excluding carboxylic acids is 2. The first-order valence-electron chi connectivity index (χ1n) is 8.20. The zero-order chi connectivity index (χ0) is 20.3. The van der Waals surface area contributed by atoms with Crippen molar-refractivity contribution in [2.75, 3.05) is 5.32 Å². The van der Waals surface area contributed by atoms with E-state index in [9.17, 15) is 22.8 Å². The van der Waals surface area contributed by atoms with Crippen molar-refractivity contribution in [3.8, 4) is 0 Å². The standard InChI is InChI=1S/C19H15F3N2O3S/c20-19(21,22)13-3-1-11(2-4-13)18(26)23-14-5-7-16-12(9-14)10-15(28-16)6-8-17(25)24-27/h1-5,7,9-10,27H,6,8H2,(H,23,26)(H,24,25). The minimum atomic E-state index is -4.45. The SMILES string of the molecule is O=C(CCc1cc2cc(NC(=O)c3ccc(C(F)(F)F)cc3)ccc2s1)NO. The van der Waals surface area contributed by atoms with Gasteiger partial charge < -0.3 is 5.32 Å². The second kappa shape index (κ2) is 7.99. The first-order chi connectivity index (χ1) is 13.3. The number of rotatable bonds is 5. The van der Waals surface area contributed by atoms with Gasteiger partial charge in [0.05, 0.1) is 5.56 Å². The van der Waals surface area contributed by atoms with E-state index in [1.807, 2.05) is 12.1 Å². The van der Waals surface area contributed by atoms with Gasteiger partial charge in [0.15, 0.2) is 0 Å². The van der Waals surface area contributed by atoms with Gasteiger partial charge in [0.1, 0.15) is 0 Å². The van der Waals surface area contributed by atoms with Crippen LogP contribution in [0.15, 0.2) is 48.5 Å². The van der Waals surface area contributed by atoms with Crippen molar-refractivity contribution < 1.29 is 28.0 Å². The van der Waals surface area contributed by atoms with Crippen LogP contribution in [0, 0.1) is 0 Å². The number of nitrogens with one attached hydrogen (secondary N) is 2. The average Bonchev–Trinajstić information content (AvgIpc) is 3.07. The molecular formula is C19H15F3N2O3S. The van der Waals surface area contributed by atoms with Gasteiger partial charge in [-0.25, -0.2) is 5.48 Å². The lowest BCUT2D eigenvalue weighted by Gasteiger charge is -2.08. The van der Waals surface area contributed by atoms with Crippen molar-refractivity contribution in [3.05, 3.63) is 64.5 Å². The molecule has 5 nitrogen and oxygen atoms in total. The topological polar surface area (TPSA) is 78.4 Å². The second-order valence-electron chi connectivity index (χ2n) is 6.03. The van der Waals surface area contributed by atoms with Crippen LogP contribution < -0.4 is 10.8 Å². The number of amides is 2. The molecule has 0 aliphatic heterocycles. The van der Waals surface area contributed by atoms with E-state index in [0.717, 1.165) is 39.2 Å². The van der Waals surface area contributed by atoms with Gasteiger partial charge in [-0.2, -0.15) is 13.2 Å². The molecule has 3 aromatic rings. The summed E-state index contributed by atoms with van der Waals surface area (Å²) in [5.74, 6) is -0.981. The van der Waals surface area contributed by atoms with Crippen molar-refractivity contribution in [2.45, 2.75) is 19.0 Å². The van der Waals surface area contributed by atoms with Gasteiger partial charge in [-0.1, -0.05) is 0 Å². The number of anilines is 1. The number of hydrogen-bond donors (Lipinski definition) is 3. The summed E-state index contributed by atoms with van der Waals surface area (Å²) in [5.41, 5.74) is 1.40. The lowest BCUT2D eigenvalue weighted by molar-refractivity contribution is -0.137. The number of benzene rings is 2. The van der Waals surface area contributed by atoms with E-state index in [-0.39, 0.29) is 12.0 Å². The Bertz CT molecular complexity index is 1010. The van der Waals surface area contributed by atoms with Gasteiger partial charge >= 0.3 is 6.18 Å². The maximum atomic E-state index is 12.6. The highest BCUT2D eigenvalue weighted by Crippen LogP contribution is 2.30. The van der Waals surface area contributed by atoms with E-state index in [2.05, 4.69) is 5.32 Å². The second-order valence-corrected chi connectivity index (χ2v) is 7.20. The molecule has 0 aliphatic rings. The van der Waals surface area contributed by atoms with Crippen molar-refractivity contribution >= 4 is 38.9 Å². The van der Waals surface area contributed by atoms with Crippen molar-refractivity contribution in [3.63, 3.8) is 0 Å². The Morgan fingerprint density at radius 2 is 1.75 bits per heavy atom. The van der Waals surface area contributed by atoms with Crippen molar-refractivity contribution in [1.29, 1.82) is 0 Å². The molecule has 2 amide bonds. The Hall–Kier alpha value is -2.91. The van der Waals surface area contributed by atoms with Crippen LogP contribution in [0.3, 0.4) is 0 Å². The fourth-order valence-electron chi connectivity index (χ4n) is 2.61. The predicted molar refractivity (Wildman–Crippen MR) is 99.5 cm³/mol. The molecule has 9 heteroatoms. The molecule has 1 heterocycles.